The molecule has 1 aliphatic rings. The van der Waals surface area contributed by atoms with Gasteiger partial charge in [0.05, 0.1) is 31.2 Å². The molecule has 1 saturated heterocycles. The zero-order valence-electron chi connectivity index (χ0n) is 16.4. The van der Waals surface area contributed by atoms with Crippen LogP contribution in [0, 0.1) is 11.3 Å². The van der Waals surface area contributed by atoms with Gasteiger partial charge in [0.25, 0.3) is 5.91 Å². The minimum Gasteiger partial charge on any atom is -0.394 e. The summed E-state index contributed by atoms with van der Waals surface area (Å²) in [6, 6.07) is 7.16. The molecule has 3 rings (SSSR count). The molecule has 1 aliphatic heterocycles. The number of carbonyl (C=O) groups excluding carboxylic acids is 1. The molecule has 0 radical (unpaired) electrons. The van der Waals surface area contributed by atoms with Crippen LogP contribution in [0.2, 0.25) is 10.0 Å². The Morgan fingerprint density at radius 2 is 2.27 bits per heavy atom. The second-order valence-corrected chi connectivity index (χ2v) is 8.70. The zero-order chi connectivity index (χ0) is 21.8. The number of hydrogen-bond acceptors (Lipinski definition) is 6. The lowest BCUT2D eigenvalue weighted by molar-refractivity contribution is 0.00373. The van der Waals surface area contributed by atoms with Gasteiger partial charge in [0.15, 0.2) is 0 Å². The number of nitriles is 1. The van der Waals surface area contributed by atoms with Crippen LogP contribution in [0.5, 0.6) is 0 Å². The van der Waals surface area contributed by atoms with E-state index in [1.54, 1.807) is 37.2 Å². The van der Waals surface area contributed by atoms with Crippen molar-refractivity contribution in [3.05, 3.63) is 38.7 Å². The molecule has 10 heteroatoms. The van der Waals surface area contributed by atoms with Crippen LogP contribution in [0.25, 0.3) is 11.1 Å². The topological polar surface area (TPSA) is 89.2 Å². The first kappa shape index (κ1) is 22.5. The molecule has 0 aliphatic carbocycles. The second-order valence-electron chi connectivity index (χ2n) is 6.86. The number of anilines is 1. The number of aliphatic imine (C=N–C) groups is 1. The highest BCUT2D eigenvalue weighted by atomic mass is 35.5. The van der Waals surface area contributed by atoms with E-state index in [9.17, 15) is 15.2 Å². The Bertz CT molecular complexity index is 1020. The summed E-state index contributed by atoms with van der Waals surface area (Å²) in [6.45, 7) is 1.23. The third kappa shape index (κ3) is 4.77. The molecule has 1 atom stereocenters. The molecule has 158 valence electrons. The Hall–Kier alpha value is -2.15. The van der Waals surface area contributed by atoms with Gasteiger partial charge in [-0.3, -0.25) is 4.79 Å². The lowest BCUT2D eigenvalue weighted by Crippen LogP contribution is -2.44. The van der Waals surface area contributed by atoms with Crippen molar-refractivity contribution in [2.75, 3.05) is 45.3 Å². The Kier molecular flexibility index (Phi) is 7.34. The first-order valence-electron chi connectivity index (χ1n) is 9.10. The van der Waals surface area contributed by atoms with Gasteiger partial charge in [0.1, 0.15) is 15.9 Å². The van der Waals surface area contributed by atoms with Crippen LogP contribution in [0.15, 0.2) is 23.2 Å². The molecule has 1 amide bonds. The summed E-state index contributed by atoms with van der Waals surface area (Å²) in [4.78, 5) is 20.9. The van der Waals surface area contributed by atoms with Gasteiger partial charge in [0, 0.05) is 48.4 Å². The number of rotatable bonds is 5. The molecular formula is C20H20Cl2N4O3S. The minimum atomic E-state index is -0.468. The average molecular weight is 467 g/mol. The number of hydrogen-bond donors (Lipinski definition) is 1. The summed E-state index contributed by atoms with van der Waals surface area (Å²) in [5, 5.41) is 20.9. The van der Waals surface area contributed by atoms with Crippen LogP contribution in [0.3, 0.4) is 0 Å². The largest absolute Gasteiger partial charge is 0.394 e. The number of ether oxygens (including phenoxy) is 1. The number of benzene rings is 1. The molecule has 1 aromatic carbocycles. The Balaban J connectivity index is 2.18. The molecular weight excluding hydrogens is 447 g/mol. The van der Waals surface area contributed by atoms with E-state index in [1.807, 2.05) is 4.90 Å². The molecule has 1 fully saturated rings. The zero-order valence-corrected chi connectivity index (χ0v) is 18.8. The van der Waals surface area contributed by atoms with Crippen LogP contribution >= 0.6 is 34.5 Å². The Labute approximate surface area is 188 Å². The van der Waals surface area contributed by atoms with E-state index in [0.29, 0.717) is 56.3 Å². The molecule has 7 nitrogen and oxygen atoms in total. The fourth-order valence-electron chi connectivity index (χ4n) is 3.09. The number of aliphatic hydroxyl groups excluding tert-OH is 1. The summed E-state index contributed by atoms with van der Waals surface area (Å²) in [7, 11) is 3.52. The normalized spacial score (nSPS) is 16.7. The number of carbonyl (C=O) groups is 1. The van der Waals surface area contributed by atoms with E-state index in [2.05, 4.69) is 11.1 Å². The third-order valence-electron chi connectivity index (χ3n) is 4.43. The standard InChI is InChI=1S/C20H20Cl2N4O3S/c1-25(2)11-24-19(28)18-17(14-4-3-12(21)7-16(14)22)15(8-23)20(30-18)26-5-6-29-13(9-26)10-27/h3-4,7,11,13,27H,5-6,9-10H2,1-2H3/b24-11+. The molecule has 1 aromatic heterocycles. The van der Waals surface area contributed by atoms with E-state index in [-0.39, 0.29) is 12.7 Å². The summed E-state index contributed by atoms with van der Waals surface area (Å²) >= 11 is 13.6. The quantitative estimate of drug-likeness (QED) is 0.535. The highest BCUT2D eigenvalue weighted by Crippen LogP contribution is 2.45. The molecule has 0 saturated carbocycles. The maximum absolute atomic E-state index is 12.9. The van der Waals surface area contributed by atoms with Crippen LogP contribution in [0.4, 0.5) is 5.00 Å². The molecule has 1 N–H and O–H groups in total. The monoisotopic (exact) mass is 466 g/mol. The first-order valence-corrected chi connectivity index (χ1v) is 10.7. The molecule has 2 aromatic rings. The van der Waals surface area contributed by atoms with E-state index >= 15 is 0 Å². The van der Waals surface area contributed by atoms with Crippen molar-refractivity contribution in [1.29, 1.82) is 5.26 Å². The molecule has 2 heterocycles. The van der Waals surface area contributed by atoms with Crippen molar-refractivity contribution in [2.24, 2.45) is 4.99 Å². The predicted molar refractivity (Wildman–Crippen MR) is 120 cm³/mol. The van der Waals surface area contributed by atoms with Crippen LogP contribution in [-0.4, -0.2) is 68.8 Å². The van der Waals surface area contributed by atoms with E-state index < -0.39 is 5.91 Å². The lowest BCUT2D eigenvalue weighted by atomic mass is 10.0. The maximum Gasteiger partial charge on any atom is 0.289 e. The lowest BCUT2D eigenvalue weighted by Gasteiger charge is -2.32. The number of morpholine rings is 1. The minimum absolute atomic E-state index is 0.126. The summed E-state index contributed by atoms with van der Waals surface area (Å²) in [6.07, 6.45) is 1.05. The number of aliphatic hydroxyl groups is 1. The van der Waals surface area contributed by atoms with Gasteiger partial charge in [-0.1, -0.05) is 29.3 Å². The van der Waals surface area contributed by atoms with Gasteiger partial charge in [-0.25, -0.2) is 0 Å². The fraction of sp³-hybridized carbons (Fsp3) is 0.350. The third-order valence-corrected chi connectivity index (χ3v) is 6.22. The predicted octanol–water partition coefficient (Wildman–Crippen LogP) is 3.52. The Morgan fingerprint density at radius 1 is 1.50 bits per heavy atom. The highest BCUT2D eigenvalue weighted by Gasteiger charge is 2.30. The SMILES string of the molecule is CN(C)/C=N/C(=O)c1sc(N2CCOC(CO)C2)c(C#N)c1-c1ccc(Cl)cc1Cl. The molecule has 0 spiro atoms. The second kappa shape index (κ2) is 9.77. The van der Waals surface area contributed by atoms with Gasteiger partial charge in [-0.15, -0.1) is 11.3 Å². The van der Waals surface area contributed by atoms with Gasteiger partial charge < -0.3 is 19.6 Å². The van der Waals surface area contributed by atoms with Crippen molar-refractivity contribution in [3.8, 4) is 17.2 Å². The van der Waals surface area contributed by atoms with Gasteiger partial charge >= 0.3 is 0 Å². The highest BCUT2D eigenvalue weighted by molar-refractivity contribution is 7.19. The first-order chi connectivity index (χ1) is 14.3. The van der Waals surface area contributed by atoms with Crippen LogP contribution in [0.1, 0.15) is 15.2 Å². The van der Waals surface area contributed by atoms with Gasteiger partial charge in [-0.2, -0.15) is 10.3 Å². The fourth-order valence-corrected chi connectivity index (χ4v) is 4.78. The maximum atomic E-state index is 12.9. The van der Waals surface area contributed by atoms with Crippen molar-refractivity contribution in [2.45, 2.75) is 6.10 Å². The number of thiophene rings is 1. The Morgan fingerprint density at radius 3 is 2.90 bits per heavy atom. The van der Waals surface area contributed by atoms with Crippen LogP contribution in [-0.2, 0) is 4.74 Å². The average Bonchev–Trinajstić information content (AvgIpc) is 3.11. The number of amides is 1. The smallest absolute Gasteiger partial charge is 0.289 e. The van der Waals surface area contributed by atoms with Crippen molar-refractivity contribution < 1.29 is 14.6 Å². The van der Waals surface area contributed by atoms with Crippen molar-refractivity contribution in [3.63, 3.8) is 0 Å². The molecule has 30 heavy (non-hydrogen) atoms. The van der Waals surface area contributed by atoms with Crippen molar-refractivity contribution >= 4 is 51.8 Å². The van der Waals surface area contributed by atoms with Crippen molar-refractivity contribution in [1.82, 2.24) is 4.90 Å². The summed E-state index contributed by atoms with van der Waals surface area (Å²) in [5.41, 5.74) is 1.31. The van der Waals surface area contributed by atoms with Gasteiger partial charge in [-0.05, 0) is 12.1 Å². The van der Waals surface area contributed by atoms with E-state index in [0.717, 1.165) is 0 Å². The van der Waals surface area contributed by atoms with Gasteiger partial charge in [0.2, 0.25) is 0 Å². The number of nitrogens with zero attached hydrogens (tertiary/aromatic N) is 4. The summed E-state index contributed by atoms with van der Waals surface area (Å²) in [5.74, 6) is -0.468. The molecule has 1 unspecified atom stereocenters. The van der Waals surface area contributed by atoms with Crippen LogP contribution < -0.4 is 4.90 Å². The van der Waals surface area contributed by atoms with E-state index in [4.69, 9.17) is 27.9 Å². The molecule has 0 bridgehead atoms. The summed E-state index contributed by atoms with van der Waals surface area (Å²) < 4.78 is 5.52. The number of halogens is 2. The van der Waals surface area contributed by atoms with E-state index in [1.165, 1.54) is 17.7 Å².